The summed E-state index contributed by atoms with van der Waals surface area (Å²) < 4.78 is 83.4. The van der Waals surface area contributed by atoms with Crippen molar-refractivity contribution in [1.82, 2.24) is 9.47 Å². The number of rotatable bonds is 15. The number of ether oxygens (including phenoxy) is 1. The van der Waals surface area contributed by atoms with E-state index in [0.29, 0.717) is 23.6 Å². The summed E-state index contributed by atoms with van der Waals surface area (Å²) in [5.41, 5.74) is 0.314. The van der Waals surface area contributed by atoms with Gasteiger partial charge in [0.15, 0.2) is 5.78 Å². The van der Waals surface area contributed by atoms with Gasteiger partial charge in [0.25, 0.3) is 5.56 Å². The van der Waals surface area contributed by atoms with Crippen molar-refractivity contribution in [3.05, 3.63) is 91.4 Å². The van der Waals surface area contributed by atoms with Crippen molar-refractivity contribution in [2.24, 2.45) is 5.92 Å². The van der Waals surface area contributed by atoms with Crippen LogP contribution in [0.4, 0.5) is 22.0 Å². The summed E-state index contributed by atoms with van der Waals surface area (Å²) in [5.74, 6) is -6.21. The van der Waals surface area contributed by atoms with Gasteiger partial charge in [-0.25, -0.2) is 8.78 Å². The lowest BCUT2D eigenvalue weighted by Crippen LogP contribution is -2.38. The molecule has 0 radical (unpaired) electrons. The van der Waals surface area contributed by atoms with Crippen molar-refractivity contribution in [2.75, 3.05) is 26.2 Å². The van der Waals surface area contributed by atoms with Gasteiger partial charge in [0.1, 0.15) is 11.6 Å². The molecule has 11 heteroatoms. The Balaban J connectivity index is 1.64. The van der Waals surface area contributed by atoms with Gasteiger partial charge in [-0.05, 0) is 124 Å². The average molecular weight is 729 g/mol. The summed E-state index contributed by atoms with van der Waals surface area (Å²) in [5, 5.41) is 0. The fourth-order valence-corrected chi connectivity index (χ4v) is 7.52. The number of esters is 1. The number of benzene rings is 2. The Morgan fingerprint density at radius 2 is 1.67 bits per heavy atom. The van der Waals surface area contributed by atoms with Crippen LogP contribution in [0.25, 0.3) is 11.1 Å². The summed E-state index contributed by atoms with van der Waals surface area (Å²) in [6.07, 6.45) is -1.24. The highest BCUT2D eigenvalue weighted by molar-refractivity contribution is 5.85. The maximum atomic E-state index is 17.0. The minimum Gasteiger partial charge on any atom is -0.466 e. The molecule has 1 aliphatic carbocycles. The third-order valence-corrected chi connectivity index (χ3v) is 10.6. The van der Waals surface area contributed by atoms with E-state index >= 15 is 8.78 Å². The predicted molar refractivity (Wildman–Crippen MR) is 191 cm³/mol. The van der Waals surface area contributed by atoms with Crippen molar-refractivity contribution in [2.45, 2.75) is 111 Å². The van der Waals surface area contributed by atoms with Gasteiger partial charge < -0.3 is 14.2 Å². The molecule has 2 atom stereocenters. The van der Waals surface area contributed by atoms with Gasteiger partial charge in [-0.15, -0.1) is 0 Å². The molecule has 2 aromatic carbocycles. The number of carbonyl (C=O) groups excluding carboxylic acids is 2. The van der Waals surface area contributed by atoms with E-state index in [2.05, 4.69) is 4.90 Å². The minimum atomic E-state index is -5.21. The van der Waals surface area contributed by atoms with Crippen LogP contribution in [0.15, 0.2) is 35.3 Å². The number of hydrogen-bond donors (Lipinski definition) is 0. The van der Waals surface area contributed by atoms with Crippen LogP contribution >= 0.6 is 0 Å². The number of alkyl halides is 3. The van der Waals surface area contributed by atoms with Crippen molar-refractivity contribution in [1.29, 1.82) is 0 Å². The summed E-state index contributed by atoms with van der Waals surface area (Å²) >= 11 is 0. The van der Waals surface area contributed by atoms with Crippen LogP contribution in [0.3, 0.4) is 0 Å². The highest BCUT2D eigenvalue weighted by atomic mass is 19.4. The van der Waals surface area contributed by atoms with Gasteiger partial charge in [-0.3, -0.25) is 14.4 Å². The number of aryl methyl sites for hydroxylation is 2. The first kappa shape index (κ1) is 39.3. The van der Waals surface area contributed by atoms with E-state index in [1.807, 2.05) is 26.8 Å². The fraction of sp³-hybridized carbons (Fsp3) is 0.537. The van der Waals surface area contributed by atoms with Gasteiger partial charge >= 0.3 is 12.1 Å². The number of likely N-dealkylation sites (tertiary alicyclic amines) is 1. The van der Waals surface area contributed by atoms with Gasteiger partial charge in [-0.1, -0.05) is 26.0 Å². The van der Waals surface area contributed by atoms with Crippen LogP contribution in [-0.2, 0) is 26.9 Å². The number of pyridine rings is 1. The number of hydrogen-bond acceptors (Lipinski definition) is 5. The van der Waals surface area contributed by atoms with Crippen LogP contribution in [0.1, 0.15) is 116 Å². The zero-order valence-electron chi connectivity index (χ0n) is 30.9. The van der Waals surface area contributed by atoms with Crippen molar-refractivity contribution in [3.8, 4) is 11.1 Å². The molecule has 0 amide bonds. The minimum absolute atomic E-state index is 0.0837. The molecule has 2 heterocycles. The van der Waals surface area contributed by atoms with Crippen LogP contribution in [0.5, 0.6) is 0 Å². The molecule has 5 rings (SSSR count). The largest absolute Gasteiger partial charge is 0.466 e. The molecule has 282 valence electrons. The van der Waals surface area contributed by atoms with E-state index in [9.17, 15) is 27.6 Å². The molecule has 1 aliphatic heterocycles. The smallest absolute Gasteiger partial charge is 0.419 e. The quantitative estimate of drug-likeness (QED) is 0.115. The fourth-order valence-electron chi connectivity index (χ4n) is 7.52. The Morgan fingerprint density at radius 3 is 2.25 bits per heavy atom. The van der Waals surface area contributed by atoms with Crippen LogP contribution < -0.4 is 5.56 Å². The summed E-state index contributed by atoms with van der Waals surface area (Å²) in [6.45, 7) is 13.1. The van der Waals surface area contributed by atoms with Crippen molar-refractivity contribution >= 4 is 11.8 Å². The Kier molecular flexibility index (Phi) is 12.1. The molecule has 6 nitrogen and oxygen atoms in total. The van der Waals surface area contributed by atoms with Crippen LogP contribution in [0.2, 0.25) is 0 Å². The number of halogens is 5. The molecule has 0 bridgehead atoms. The van der Waals surface area contributed by atoms with E-state index < -0.39 is 76.6 Å². The Hall–Kier alpha value is -3.86. The second-order valence-electron chi connectivity index (χ2n) is 15.0. The number of carbonyl (C=O) groups is 2. The lowest BCUT2D eigenvalue weighted by molar-refractivity contribution is -0.143. The average Bonchev–Trinajstić information content (AvgIpc) is 3.86. The molecule has 1 saturated heterocycles. The molecule has 2 aliphatic rings. The number of Topliss-reactive ketones (excluding diaryl/α,β-unsaturated/α-hetero) is 1. The molecule has 1 unspecified atom stereocenters. The second kappa shape index (κ2) is 16.0. The third kappa shape index (κ3) is 8.67. The lowest BCUT2D eigenvalue weighted by atomic mass is 9.82. The van der Waals surface area contributed by atoms with Crippen LogP contribution in [-0.4, -0.2) is 47.5 Å². The van der Waals surface area contributed by atoms with E-state index in [1.54, 1.807) is 26.1 Å². The van der Waals surface area contributed by atoms with E-state index in [0.717, 1.165) is 55.6 Å². The maximum Gasteiger partial charge on any atom is 0.419 e. The molecule has 3 aromatic rings. The normalized spacial score (nSPS) is 16.2. The molecule has 1 saturated carbocycles. The van der Waals surface area contributed by atoms with E-state index in [1.165, 1.54) is 17.6 Å². The first-order valence-corrected chi connectivity index (χ1v) is 18.3. The maximum absolute atomic E-state index is 17.0. The van der Waals surface area contributed by atoms with Crippen LogP contribution in [0, 0.1) is 38.3 Å². The molecule has 0 N–H and O–H groups in total. The monoisotopic (exact) mass is 728 g/mol. The number of nitrogens with zero attached hydrogens (tertiary/aromatic N) is 2. The standard InChI is InChI=1S/C41H49F5N2O4/c1-7-52-36(51)20-29(19-34(49)33(17-23(2)3)48-22-28(25(5)18-35(48)50)13-16-47-14-8-15-47)38-39(42)31(21-32(40(38)43)41(44,45)46)37-24(4)9-12-30(26(37)6)27-10-11-27/h9,12,18,21-23,27,29,33H,7-8,10-11,13-17,19-20H2,1-6H3/t29-,33?/m0/s1. The van der Waals surface area contributed by atoms with E-state index in [4.69, 9.17) is 4.74 Å². The summed E-state index contributed by atoms with van der Waals surface area (Å²) in [7, 11) is 0. The van der Waals surface area contributed by atoms with Crippen molar-refractivity contribution in [3.63, 3.8) is 0 Å². The third-order valence-electron chi connectivity index (χ3n) is 10.6. The summed E-state index contributed by atoms with van der Waals surface area (Å²) in [4.78, 5) is 43.0. The van der Waals surface area contributed by atoms with E-state index in [-0.39, 0.29) is 30.4 Å². The zero-order chi connectivity index (χ0) is 38.1. The number of ketones is 1. The lowest BCUT2D eigenvalue weighted by Gasteiger charge is -2.31. The van der Waals surface area contributed by atoms with Crippen molar-refractivity contribution < 1.29 is 36.3 Å². The Morgan fingerprint density at radius 1 is 0.981 bits per heavy atom. The highest BCUT2D eigenvalue weighted by Gasteiger charge is 2.41. The molecular weight excluding hydrogens is 679 g/mol. The van der Waals surface area contributed by atoms with Gasteiger partial charge in [0.05, 0.1) is 24.6 Å². The second-order valence-corrected chi connectivity index (χ2v) is 15.0. The van der Waals surface area contributed by atoms with Gasteiger partial charge in [0, 0.05) is 42.3 Å². The first-order valence-electron chi connectivity index (χ1n) is 18.3. The molecule has 0 spiro atoms. The molecule has 52 heavy (non-hydrogen) atoms. The Labute approximate surface area is 302 Å². The predicted octanol–water partition coefficient (Wildman–Crippen LogP) is 9.15. The SMILES string of the molecule is CCOC(=O)C[C@H](CC(=O)C(CC(C)C)n1cc(CCN2CCC2)c(C)cc1=O)c1c(F)c(-c2c(C)ccc(C3CC3)c2C)cc(C(F)(F)F)c1F. The van der Waals surface area contributed by atoms with Gasteiger partial charge in [-0.2, -0.15) is 13.2 Å². The summed E-state index contributed by atoms with van der Waals surface area (Å²) in [6, 6.07) is 4.48. The zero-order valence-corrected chi connectivity index (χ0v) is 30.9. The topological polar surface area (TPSA) is 68.6 Å². The van der Waals surface area contributed by atoms with Gasteiger partial charge in [0.2, 0.25) is 0 Å². The number of aromatic nitrogens is 1. The highest BCUT2D eigenvalue weighted by Crippen LogP contribution is 2.47. The molecular formula is C41H49F5N2O4. The first-order chi connectivity index (χ1) is 24.5. The Bertz CT molecular complexity index is 1870. The molecule has 2 fully saturated rings. The molecule has 1 aromatic heterocycles.